The second kappa shape index (κ2) is 4.11. The minimum absolute atomic E-state index is 0.0337. The Kier molecular flexibility index (Phi) is 3.29. The van der Waals surface area contributed by atoms with Gasteiger partial charge in [-0.05, 0) is 24.0 Å². The molecule has 1 aromatic carbocycles. The second-order valence-electron chi connectivity index (χ2n) is 4.35. The average molecular weight is 193 g/mol. The summed E-state index contributed by atoms with van der Waals surface area (Å²) in [5.41, 5.74) is 7.55. The van der Waals surface area contributed by atoms with E-state index in [1.807, 2.05) is 19.1 Å². The quantitative estimate of drug-likeness (QED) is 0.771. The van der Waals surface area contributed by atoms with Crippen LogP contribution in [0.3, 0.4) is 0 Å². The van der Waals surface area contributed by atoms with Gasteiger partial charge in [0.15, 0.2) is 0 Å². The molecule has 0 fully saturated rings. The predicted molar refractivity (Wildman–Crippen MR) is 59.2 cm³/mol. The molecule has 2 heteroatoms. The first-order valence-electron chi connectivity index (χ1n) is 4.97. The van der Waals surface area contributed by atoms with Gasteiger partial charge < -0.3 is 10.8 Å². The van der Waals surface area contributed by atoms with Gasteiger partial charge in [0.25, 0.3) is 0 Å². The summed E-state index contributed by atoms with van der Waals surface area (Å²) >= 11 is 0. The van der Waals surface area contributed by atoms with Gasteiger partial charge in [0, 0.05) is 0 Å². The zero-order chi connectivity index (χ0) is 10.8. The predicted octanol–water partition coefficient (Wildman–Crippen LogP) is 1.98. The van der Waals surface area contributed by atoms with Gasteiger partial charge in [-0.15, -0.1) is 0 Å². The van der Waals surface area contributed by atoms with Gasteiger partial charge >= 0.3 is 0 Å². The van der Waals surface area contributed by atoms with Crippen LogP contribution < -0.4 is 5.73 Å². The van der Waals surface area contributed by atoms with Crippen molar-refractivity contribution in [2.24, 2.45) is 5.73 Å². The van der Waals surface area contributed by atoms with E-state index >= 15 is 0 Å². The van der Waals surface area contributed by atoms with Crippen LogP contribution >= 0.6 is 0 Å². The van der Waals surface area contributed by atoms with Crippen molar-refractivity contribution in [3.63, 3.8) is 0 Å². The summed E-state index contributed by atoms with van der Waals surface area (Å²) < 4.78 is 0. The third-order valence-corrected chi connectivity index (χ3v) is 2.57. The molecule has 2 nitrogen and oxygen atoms in total. The number of rotatable bonds is 3. The van der Waals surface area contributed by atoms with Crippen molar-refractivity contribution < 1.29 is 5.11 Å². The number of hydrogen-bond donors (Lipinski definition) is 2. The summed E-state index contributed by atoms with van der Waals surface area (Å²) in [6.45, 7) is 6.11. The molecule has 1 rings (SSSR count). The van der Waals surface area contributed by atoms with Gasteiger partial charge in [-0.1, -0.05) is 38.1 Å². The molecule has 0 aliphatic carbocycles. The molecule has 14 heavy (non-hydrogen) atoms. The topological polar surface area (TPSA) is 46.2 Å². The fourth-order valence-electron chi connectivity index (χ4n) is 1.34. The van der Waals surface area contributed by atoms with Crippen LogP contribution in [-0.4, -0.2) is 11.7 Å². The van der Waals surface area contributed by atoms with Gasteiger partial charge in [0.05, 0.1) is 12.1 Å². The Balaban J connectivity index is 2.94. The summed E-state index contributed by atoms with van der Waals surface area (Å²) in [5.74, 6) is 0.530. The Hall–Kier alpha value is -0.860. The highest BCUT2D eigenvalue weighted by atomic mass is 16.3. The second-order valence-corrected chi connectivity index (χ2v) is 4.35. The van der Waals surface area contributed by atoms with Gasteiger partial charge in [-0.2, -0.15) is 0 Å². The van der Waals surface area contributed by atoms with Crippen LogP contribution in [-0.2, 0) is 5.54 Å². The number of hydrogen-bond acceptors (Lipinski definition) is 2. The summed E-state index contributed by atoms with van der Waals surface area (Å²) in [6.07, 6.45) is 0. The molecule has 78 valence electrons. The maximum atomic E-state index is 9.10. The van der Waals surface area contributed by atoms with E-state index in [4.69, 9.17) is 10.8 Å². The number of aliphatic hydroxyl groups is 1. The fraction of sp³-hybridized carbons (Fsp3) is 0.500. The lowest BCUT2D eigenvalue weighted by Crippen LogP contribution is -2.36. The van der Waals surface area contributed by atoms with Gasteiger partial charge in [0.2, 0.25) is 0 Å². The van der Waals surface area contributed by atoms with Gasteiger partial charge in [-0.25, -0.2) is 0 Å². The molecule has 0 spiro atoms. The van der Waals surface area contributed by atoms with Crippen LogP contribution in [0.1, 0.15) is 37.8 Å². The van der Waals surface area contributed by atoms with Crippen LogP contribution in [0.5, 0.6) is 0 Å². The molecule has 0 saturated carbocycles. The Morgan fingerprint density at radius 2 is 1.79 bits per heavy atom. The maximum Gasteiger partial charge on any atom is 0.0650 e. The Bertz CT molecular complexity index is 288. The fourth-order valence-corrected chi connectivity index (χ4v) is 1.34. The SMILES string of the molecule is CC(C)c1ccc(C(C)(N)CO)cc1. The smallest absolute Gasteiger partial charge is 0.0650 e. The van der Waals surface area contributed by atoms with Crippen LogP contribution in [0.15, 0.2) is 24.3 Å². The number of aliphatic hydroxyl groups excluding tert-OH is 1. The zero-order valence-electron chi connectivity index (χ0n) is 9.12. The molecular weight excluding hydrogens is 174 g/mol. The van der Waals surface area contributed by atoms with Gasteiger partial charge in [0.1, 0.15) is 0 Å². The van der Waals surface area contributed by atoms with E-state index in [0.29, 0.717) is 5.92 Å². The highest BCUT2D eigenvalue weighted by molar-refractivity contribution is 5.29. The van der Waals surface area contributed by atoms with E-state index in [1.165, 1.54) is 5.56 Å². The number of nitrogens with two attached hydrogens (primary N) is 1. The summed E-state index contributed by atoms with van der Waals surface area (Å²) in [5, 5.41) is 9.10. The van der Waals surface area contributed by atoms with Crippen LogP contribution in [0.4, 0.5) is 0 Å². The molecule has 0 saturated heterocycles. The van der Waals surface area contributed by atoms with Gasteiger partial charge in [-0.3, -0.25) is 0 Å². The van der Waals surface area contributed by atoms with Crippen LogP contribution in [0.25, 0.3) is 0 Å². The molecule has 0 radical (unpaired) electrons. The zero-order valence-corrected chi connectivity index (χ0v) is 9.12. The van der Waals surface area contributed by atoms with Crippen molar-refractivity contribution >= 4 is 0 Å². The lowest BCUT2D eigenvalue weighted by molar-refractivity contribution is 0.210. The van der Waals surface area contributed by atoms with E-state index < -0.39 is 5.54 Å². The van der Waals surface area contributed by atoms with E-state index in [1.54, 1.807) is 0 Å². The standard InChI is InChI=1S/C12H19NO/c1-9(2)10-4-6-11(7-5-10)12(3,13)8-14/h4-7,9,14H,8,13H2,1-3H3. The van der Waals surface area contributed by atoms with Crippen molar-refractivity contribution in [1.82, 2.24) is 0 Å². The molecule has 0 amide bonds. The van der Waals surface area contributed by atoms with E-state index in [0.717, 1.165) is 5.56 Å². The Labute approximate surface area is 85.8 Å². The summed E-state index contributed by atoms with van der Waals surface area (Å²) in [7, 11) is 0. The summed E-state index contributed by atoms with van der Waals surface area (Å²) in [4.78, 5) is 0. The largest absolute Gasteiger partial charge is 0.394 e. The van der Waals surface area contributed by atoms with Crippen molar-refractivity contribution in [3.8, 4) is 0 Å². The van der Waals surface area contributed by atoms with Crippen molar-refractivity contribution in [3.05, 3.63) is 35.4 Å². The van der Waals surface area contributed by atoms with Crippen LogP contribution in [0.2, 0.25) is 0 Å². The monoisotopic (exact) mass is 193 g/mol. The Morgan fingerprint density at radius 3 is 2.14 bits per heavy atom. The van der Waals surface area contributed by atoms with E-state index in [9.17, 15) is 0 Å². The van der Waals surface area contributed by atoms with Crippen LogP contribution in [0, 0.1) is 0 Å². The third kappa shape index (κ3) is 2.34. The molecule has 1 unspecified atom stereocenters. The lowest BCUT2D eigenvalue weighted by atomic mass is 9.92. The average Bonchev–Trinajstić information content (AvgIpc) is 2.18. The molecule has 0 aliphatic heterocycles. The molecule has 3 N–H and O–H groups in total. The molecule has 1 atom stereocenters. The first kappa shape index (κ1) is 11.2. The third-order valence-electron chi connectivity index (χ3n) is 2.57. The first-order valence-corrected chi connectivity index (χ1v) is 4.97. The molecular formula is C12H19NO. The Morgan fingerprint density at radius 1 is 1.29 bits per heavy atom. The highest BCUT2D eigenvalue weighted by Gasteiger charge is 2.19. The molecule has 1 aromatic rings. The van der Waals surface area contributed by atoms with E-state index in [-0.39, 0.29) is 6.61 Å². The van der Waals surface area contributed by atoms with Crippen molar-refractivity contribution in [2.75, 3.05) is 6.61 Å². The lowest BCUT2D eigenvalue weighted by Gasteiger charge is -2.22. The van der Waals surface area contributed by atoms with Crippen molar-refractivity contribution in [1.29, 1.82) is 0 Å². The normalized spacial score (nSPS) is 15.6. The van der Waals surface area contributed by atoms with Crippen molar-refractivity contribution in [2.45, 2.75) is 32.2 Å². The maximum absolute atomic E-state index is 9.10. The molecule has 0 aromatic heterocycles. The highest BCUT2D eigenvalue weighted by Crippen LogP contribution is 2.20. The minimum atomic E-state index is -0.629. The number of benzene rings is 1. The molecule has 0 aliphatic rings. The molecule has 0 bridgehead atoms. The van der Waals surface area contributed by atoms with E-state index in [2.05, 4.69) is 26.0 Å². The summed E-state index contributed by atoms with van der Waals surface area (Å²) in [6, 6.07) is 8.12. The molecule has 0 heterocycles. The first-order chi connectivity index (χ1) is 6.47. The minimum Gasteiger partial charge on any atom is -0.394 e.